The zero-order chi connectivity index (χ0) is 18.9. The lowest BCUT2D eigenvalue weighted by Crippen LogP contribution is -2.25. The topological polar surface area (TPSA) is 38.5 Å². The Morgan fingerprint density at radius 1 is 0.778 bits per heavy atom. The Hall–Kier alpha value is -2.14. The van der Waals surface area contributed by atoms with E-state index in [1.807, 2.05) is 42.5 Å². The summed E-state index contributed by atoms with van der Waals surface area (Å²) >= 11 is 3.50. The Morgan fingerprint density at radius 2 is 1.48 bits per heavy atom. The molecule has 3 rings (SSSR count). The fourth-order valence-electron chi connectivity index (χ4n) is 2.97. The first-order chi connectivity index (χ1) is 13.2. The number of hydrogen-bond donors (Lipinski definition) is 1. The molecule has 3 nitrogen and oxygen atoms in total. The van der Waals surface area contributed by atoms with Gasteiger partial charge in [-0.05, 0) is 60.5 Å². The molecule has 140 valence electrons. The monoisotopic (exact) mass is 424 g/mol. The van der Waals surface area contributed by atoms with Gasteiger partial charge in [-0.2, -0.15) is 0 Å². The molecule has 0 radical (unpaired) electrons. The third kappa shape index (κ3) is 6.51. The first kappa shape index (κ1) is 19.6. The van der Waals surface area contributed by atoms with Crippen molar-refractivity contribution in [3.63, 3.8) is 0 Å². The second-order valence-corrected chi connectivity index (χ2v) is 7.46. The molecule has 0 heterocycles. The second-order valence-electron chi connectivity index (χ2n) is 6.54. The molecule has 0 bridgehead atoms. The first-order valence-corrected chi connectivity index (χ1v) is 10.0. The predicted molar refractivity (Wildman–Crippen MR) is 115 cm³/mol. The maximum atomic E-state index is 5.97. The molecule has 3 aromatic carbocycles. The van der Waals surface area contributed by atoms with Gasteiger partial charge in [0.25, 0.3) is 0 Å². The summed E-state index contributed by atoms with van der Waals surface area (Å²) in [5.74, 6) is 1.71. The van der Waals surface area contributed by atoms with Crippen LogP contribution >= 0.6 is 15.9 Å². The van der Waals surface area contributed by atoms with Crippen molar-refractivity contribution in [2.75, 3.05) is 13.1 Å². The normalized spacial score (nSPS) is 10.9. The highest BCUT2D eigenvalue weighted by Crippen LogP contribution is 2.23. The molecule has 0 atom stereocenters. The average Bonchev–Trinajstić information content (AvgIpc) is 2.69. The van der Waals surface area contributed by atoms with Crippen LogP contribution in [0.5, 0.6) is 11.5 Å². The number of rotatable bonds is 9. The van der Waals surface area contributed by atoms with Crippen LogP contribution in [-0.2, 0) is 13.1 Å². The fourth-order valence-corrected chi connectivity index (χ4v) is 3.23. The summed E-state index contributed by atoms with van der Waals surface area (Å²) < 4.78 is 7.07. The molecule has 0 amide bonds. The summed E-state index contributed by atoms with van der Waals surface area (Å²) in [6, 6.07) is 26.7. The van der Waals surface area contributed by atoms with Crippen molar-refractivity contribution in [1.82, 2.24) is 4.90 Å². The average molecular weight is 425 g/mol. The SMILES string of the molecule is NCCCN(Cc1ccc(Br)cc1)Cc1cccc(Oc2ccccc2)c1. The number of para-hydroxylation sites is 1. The zero-order valence-electron chi connectivity index (χ0n) is 15.4. The third-order valence-corrected chi connectivity index (χ3v) is 4.81. The number of hydrogen-bond acceptors (Lipinski definition) is 3. The molecule has 0 aliphatic rings. The number of halogens is 1. The van der Waals surface area contributed by atoms with Crippen LogP contribution in [0.4, 0.5) is 0 Å². The lowest BCUT2D eigenvalue weighted by Gasteiger charge is -2.22. The highest BCUT2D eigenvalue weighted by molar-refractivity contribution is 9.10. The molecule has 0 aliphatic heterocycles. The number of benzene rings is 3. The maximum absolute atomic E-state index is 5.97. The van der Waals surface area contributed by atoms with Gasteiger partial charge in [-0.1, -0.05) is 58.4 Å². The minimum Gasteiger partial charge on any atom is -0.457 e. The van der Waals surface area contributed by atoms with Crippen molar-refractivity contribution < 1.29 is 4.74 Å². The van der Waals surface area contributed by atoms with Crippen LogP contribution in [0.15, 0.2) is 83.3 Å². The Bertz CT molecular complexity index is 821. The van der Waals surface area contributed by atoms with Crippen LogP contribution in [0.1, 0.15) is 17.5 Å². The molecule has 0 spiro atoms. The van der Waals surface area contributed by atoms with Crippen LogP contribution in [0, 0.1) is 0 Å². The maximum Gasteiger partial charge on any atom is 0.127 e. The molecule has 0 saturated heterocycles. The van der Waals surface area contributed by atoms with E-state index >= 15 is 0 Å². The Labute approximate surface area is 169 Å². The van der Waals surface area contributed by atoms with E-state index in [9.17, 15) is 0 Å². The lowest BCUT2D eigenvalue weighted by atomic mass is 10.1. The molecule has 4 heteroatoms. The Kier molecular flexibility index (Phi) is 7.45. The number of nitrogens with two attached hydrogens (primary N) is 1. The van der Waals surface area contributed by atoms with Gasteiger partial charge >= 0.3 is 0 Å². The standard InChI is InChI=1S/C23H25BrN2O/c24-21-12-10-19(11-13-21)17-26(15-5-14-25)18-20-6-4-9-23(16-20)27-22-7-2-1-3-8-22/h1-4,6-13,16H,5,14-15,17-18,25H2. The highest BCUT2D eigenvalue weighted by atomic mass is 79.9. The van der Waals surface area contributed by atoms with Gasteiger partial charge < -0.3 is 10.5 Å². The minimum atomic E-state index is 0.702. The molecule has 0 aromatic heterocycles. The van der Waals surface area contributed by atoms with Gasteiger partial charge in [-0.25, -0.2) is 0 Å². The van der Waals surface area contributed by atoms with Crippen molar-refractivity contribution in [1.29, 1.82) is 0 Å². The zero-order valence-corrected chi connectivity index (χ0v) is 16.9. The van der Waals surface area contributed by atoms with E-state index in [1.54, 1.807) is 0 Å². The van der Waals surface area contributed by atoms with Crippen LogP contribution in [0.3, 0.4) is 0 Å². The smallest absolute Gasteiger partial charge is 0.127 e. The fraction of sp³-hybridized carbons (Fsp3) is 0.217. The molecule has 27 heavy (non-hydrogen) atoms. The summed E-state index contributed by atoms with van der Waals surface area (Å²) in [6.45, 7) is 3.43. The van der Waals surface area contributed by atoms with Gasteiger partial charge in [0.2, 0.25) is 0 Å². The van der Waals surface area contributed by atoms with Crippen LogP contribution in [0.25, 0.3) is 0 Å². The molecule has 0 saturated carbocycles. The van der Waals surface area contributed by atoms with Crippen LogP contribution < -0.4 is 10.5 Å². The molecular weight excluding hydrogens is 400 g/mol. The molecular formula is C23H25BrN2O. The van der Waals surface area contributed by atoms with Gasteiger partial charge in [-0.15, -0.1) is 0 Å². The van der Waals surface area contributed by atoms with Gasteiger partial charge in [0.1, 0.15) is 11.5 Å². The van der Waals surface area contributed by atoms with E-state index in [4.69, 9.17) is 10.5 Å². The van der Waals surface area contributed by atoms with Gasteiger partial charge in [-0.3, -0.25) is 4.90 Å². The summed E-state index contributed by atoms with van der Waals surface area (Å²) in [6.07, 6.45) is 0.983. The Balaban J connectivity index is 1.69. The van der Waals surface area contributed by atoms with E-state index in [2.05, 4.69) is 57.2 Å². The largest absolute Gasteiger partial charge is 0.457 e. The molecule has 0 aliphatic carbocycles. The molecule has 0 unspecified atom stereocenters. The summed E-state index contributed by atoms with van der Waals surface area (Å²) in [7, 11) is 0. The molecule has 2 N–H and O–H groups in total. The van der Waals surface area contributed by atoms with Crippen molar-refractivity contribution in [2.45, 2.75) is 19.5 Å². The number of ether oxygens (including phenoxy) is 1. The third-order valence-electron chi connectivity index (χ3n) is 4.28. The van der Waals surface area contributed by atoms with Gasteiger partial charge in [0.15, 0.2) is 0 Å². The number of nitrogens with zero attached hydrogens (tertiary/aromatic N) is 1. The van der Waals surface area contributed by atoms with E-state index in [1.165, 1.54) is 11.1 Å². The van der Waals surface area contributed by atoms with Crippen molar-refractivity contribution >= 4 is 15.9 Å². The quantitative estimate of drug-likeness (QED) is 0.486. The lowest BCUT2D eigenvalue weighted by molar-refractivity contribution is 0.255. The minimum absolute atomic E-state index is 0.702. The van der Waals surface area contributed by atoms with Crippen molar-refractivity contribution in [3.8, 4) is 11.5 Å². The Morgan fingerprint density at radius 3 is 2.22 bits per heavy atom. The summed E-state index contributed by atoms with van der Waals surface area (Å²) in [5.41, 5.74) is 8.27. The van der Waals surface area contributed by atoms with E-state index in [0.717, 1.165) is 42.0 Å². The van der Waals surface area contributed by atoms with E-state index in [-0.39, 0.29) is 0 Å². The highest BCUT2D eigenvalue weighted by Gasteiger charge is 2.08. The van der Waals surface area contributed by atoms with Crippen molar-refractivity contribution in [3.05, 3.63) is 94.5 Å². The van der Waals surface area contributed by atoms with Crippen LogP contribution in [0.2, 0.25) is 0 Å². The molecule has 0 fully saturated rings. The van der Waals surface area contributed by atoms with Gasteiger partial charge in [0, 0.05) is 24.1 Å². The van der Waals surface area contributed by atoms with E-state index < -0.39 is 0 Å². The van der Waals surface area contributed by atoms with Crippen LogP contribution in [-0.4, -0.2) is 18.0 Å². The summed E-state index contributed by atoms with van der Waals surface area (Å²) in [5, 5.41) is 0. The van der Waals surface area contributed by atoms with Gasteiger partial charge in [0.05, 0.1) is 0 Å². The first-order valence-electron chi connectivity index (χ1n) is 9.21. The predicted octanol–water partition coefficient (Wildman–Crippen LogP) is 5.59. The molecule has 3 aromatic rings. The van der Waals surface area contributed by atoms with Crippen molar-refractivity contribution in [2.24, 2.45) is 5.73 Å². The second kappa shape index (κ2) is 10.3. The van der Waals surface area contributed by atoms with E-state index in [0.29, 0.717) is 6.54 Å². The summed E-state index contributed by atoms with van der Waals surface area (Å²) in [4.78, 5) is 2.43.